The van der Waals surface area contributed by atoms with Gasteiger partial charge in [0.15, 0.2) is 0 Å². The van der Waals surface area contributed by atoms with Gasteiger partial charge in [-0.15, -0.1) is 0 Å². The van der Waals surface area contributed by atoms with Crippen LogP contribution in [0.25, 0.3) is 0 Å². The highest BCUT2D eigenvalue weighted by Gasteiger charge is 2.42. The van der Waals surface area contributed by atoms with Crippen molar-refractivity contribution in [3.8, 4) is 0 Å². The summed E-state index contributed by atoms with van der Waals surface area (Å²) in [5.41, 5.74) is 5.31. The Morgan fingerprint density at radius 1 is 1.11 bits per heavy atom. The second-order valence-electron chi connectivity index (χ2n) is 6.84. The van der Waals surface area contributed by atoms with Gasteiger partial charge in [0.1, 0.15) is 0 Å². The molecule has 2 heteroatoms. The van der Waals surface area contributed by atoms with Crippen molar-refractivity contribution < 1.29 is 4.79 Å². The maximum Gasteiger partial charge on any atom is 0.221 e. The molecule has 98 valence electrons. The lowest BCUT2D eigenvalue weighted by molar-refractivity contribution is -0.114. The van der Waals surface area contributed by atoms with Gasteiger partial charge in [0.2, 0.25) is 5.91 Å². The molecule has 0 saturated carbocycles. The van der Waals surface area contributed by atoms with Gasteiger partial charge in [-0.2, -0.15) is 0 Å². The molecule has 0 heterocycles. The third-order valence-electron chi connectivity index (χ3n) is 4.02. The van der Waals surface area contributed by atoms with Crippen LogP contribution in [0.3, 0.4) is 0 Å². The summed E-state index contributed by atoms with van der Waals surface area (Å²) in [5.74, 6) is -0.00638. The molecule has 0 aromatic heterocycles. The molecule has 1 aliphatic carbocycles. The first-order valence-corrected chi connectivity index (χ1v) is 6.57. The van der Waals surface area contributed by atoms with Crippen molar-refractivity contribution in [1.29, 1.82) is 0 Å². The van der Waals surface area contributed by atoms with Crippen molar-refractivity contribution in [2.75, 3.05) is 5.32 Å². The quantitative estimate of drug-likeness (QED) is 0.798. The van der Waals surface area contributed by atoms with Gasteiger partial charge >= 0.3 is 0 Å². The number of fused-ring (bicyclic) bond motifs is 1. The highest BCUT2D eigenvalue weighted by atomic mass is 16.1. The molecule has 1 N–H and O–H groups in total. The minimum absolute atomic E-state index is 0.00638. The van der Waals surface area contributed by atoms with Crippen molar-refractivity contribution >= 4 is 11.6 Å². The number of rotatable bonds is 1. The molecule has 1 aromatic rings. The summed E-state index contributed by atoms with van der Waals surface area (Å²) >= 11 is 0. The molecule has 1 amide bonds. The molecular weight excluding hydrogens is 222 g/mol. The number of carbonyl (C=O) groups is 1. The molecule has 1 aromatic carbocycles. The van der Waals surface area contributed by atoms with E-state index in [1.54, 1.807) is 6.92 Å². The summed E-state index contributed by atoms with van der Waals surface area (Å²) in [6.45, 7) is 12.8. The molecule has 0 bridgehead atoms. The van der Waals surface area contributed by atoms with Crippen molar-refractivity contribution in [3.63, 3.8) is 0 Å². The first-order valence-electron chi connectivity index (χ1n) is 6.57. The van der Waals surface area contributed by atoms with Gasteiger partial charge in [-0.3, -0.25) is 4.79 Å². The second kappa shape index (κ2) is 3.84. The molecule has 0 fully saturated rings. The highest BCUT2D eigenvalue weighted by Crippen LogP contribution is 2.50. The van der Waals surface area contributed by atoms with Gasteiger partial charge in [0.05, 0.1) is 0 Å². The minimum Gasteiger partial charge on any atom is -0.326 e. The predicted octanol–water partition coefficient (Wildman–Crippen LogP) is 3.91. The minimum atomic E-state index is -0.00638. The fourth-order valence-electron chi connectivity index (χ4n) is 3.45. The van der Waals surface area contributed by atoms with Crippen molar-refractivity contribution in [2.45, 2.75) is 58.8 Å². The molecule has 18 heavy (non-hydrogen) atoms. The Morgan fingerprint density at radius 2 is 1.61 bits per heavy atom. The van der Waals surface area contributed by atoms with Crippen molar-refractivity contribution in [3.05, 3.63) is 28.8 Å². The highest BCUT2D eigenvalue weighted by molar-refractivity contribution is 5.89. The first kappa shape index (κ1) is 13.1. The topological polar surface area (TPSA) is 29.1 Å². The number of aryl methyl sites for hydroxylation is 1. The van der Waals surface area contributed by atoms with E-state index >= 15 is 0 Å². The molecule has 0 saturated heterocycles. The molecular formula is C16H23NO. The van der Waals surface area contributed by atoms with Gasteiger partial charge in [0, 0.05) is 12.6 Å². The van der Waals surface area contributed by atoms with Gasteiger partial charge in [-0.05, 0) is 46.9 Å². The van der Waals surface area contributed by atoms with E-state index < -0.39 is 0 Å². The van der Waals surface area contributed by atoms with Crippen LogP contribution in [0.2, 0.25) is 0 Å². The van der Waals surface area contributed by atoms with E-state index in [4.69, 9.17) is 0 Å². The average molecular weight is 245 g/mol. The van der Waals surface area contributed by atoms with E-state index in [2.05, 4.69) is 52.1 Å². The summed E-state index contributed by atoms with van der Waals surface area (Å²) in [5, 5.41) is 2.93. The number of nitrogens with one attached hydrogen (secondary N) is 1. The summed E-state index contributed by atoms with van der Waals surface area (Å²) in [6, 6.07) is 4.41. The van der Waals surface area contributed by atoms with Crippen LogP contribution in [-0.4, -0.2) is 5.91 Å². The van der Waals surface area contributed by atoms with Crippen molar-refractivity contribution in [2.24, 2.45) is 0 Å². The van der Waals surface area contributed by atoms with Crippen LogP contribution in [0.1, 0.15) is 57.7 Å². The molecule has 1 aliphatic rings. The summed E-state index contributed by atoms with van der Waals surface area (Å²) in [4.78, 5) is 11.2. The van der Waals surface area contributed by atoms with E-state index in [-0.39, 0.29) is 16.7 Å². The number of hydrogen-bond acceptors (Lipinski definition) is 1. The molecule has 0 aliphatic heterocycles. The zero-order valence-electron chi connectivity index (χ0n) is 12.3. The SMILES string of the molecule is CC(=O)Nc1cc2c(cc1C)C(C)(C)CC2(C)C. The van der Waals surface area contributed by atoms with E-state index in [1.807, 2.05) is 0 Å². The molecule has 2 nitrogen and oxygen atoms in total. The van der Waals surface area contributed by atoms with Crippen LogP contribution in [0.4, 0.5) is 5.69 Å². The van der Waals surface area contributed by atoms with Gasteiger partial charge in [0.25, 0.3) is 0 Å². The lowest BCUT2D eigenvalue weighted by Crippen LogP contribution is -2.18. The van der Waals surface area contributed by atoms with Gasteiger partial charge in [-0.25, -0.2) is 0 Å². The molecule has 0 radical (unpaired) electrons. The van der Waals surface area contributed by atoms with E-state index in [1.165, 1.54) is 11.1 Å². The van der Waals surface area contributed by atoms with Crippen LogP contribution < -0.4 is 5.32 Å². The summed E-state index contributed by atoms with van der Waals surface area (Å²) in [7, 11) is 0. The molecule has 0 unspecified atom stereocenters. The maximum atomic E-state index is 11.2. The van der Waals surface area contributed by atoms with Crippen LogP contribution >= 0.6 is 0 Å². The third kappa shape index (κ3) is 2.05. The Labute approximate surface area is 110 Å². The van der Waals surface area contributed by atoms with Crippen LogP contribution in [-0.2, 0) is 15.6 Å². The number of carbonyl (C=O) groups excluding carboxylic acids is 1. The molecule has 2 rings (SSSR count). The van der Waals surface area contributed by atoms with Crippen LogP contribution in [0, 0.1) is 6.92 Å². The Hall–Kier alpha value is -1.31. The fourth-order valence-corrected chi connectivity index (χ4v) is 3.45. The Balaban J connectivity index is 2.59. The number of anilines is 1. The first-order chi connectivity index (χ1) is 8.13. The summed E-state index contributed by atoms with van der Waals surface area (Å²) < 4.78 is 0. The normalized spacial score (nSPS) is 19.4. The fraction of sp³-hybridized carbons (Fsp3) is 0.562. The summed E-state index contributed by atoms with van der Waals surface area (Å²) in [6.07, 6.45) is 1.15. The Kier molecular flexibility index (Phi) is 2.80. The second-order valence-corrected chi connectivity index (χ2v) is 6.84. The molecule has 0 atom stereocenters. The van der Waals surface area contributed by atoms with Crippen molar-refractivity contribution in [1.82, 2.24) is 0 Å². The third-order valence-corrected chi connectivity index (χ3v) is 4.02. The predicted molar refractivity (Wildman–Crippen MR) is 76.2 cm³/mol. The smallest absolute Gasteiger partial charge is 0.221 e. The van der Waals surface area contributed by atoms with Gasteiger partial charge in [-0.1, -0.05) is 33.8 Å². The van der Waals surface area contributed by atoms with Crippen LogP contribution in [0.15, 0.2) is 12.1 Å². The monoisotopic (exact) mass is 245 g/mol. The standard InChI is InChI=1S/C16H23NO/c1-10-7-12-13(8-14(10)17-11(2)18)16(5,6)9-15(12,3)4/h7-8H,9H2,1-6H3,(H,17,18). The lowest BCUT2D eigenvalue weighted by atomic mass is 9.82. The largest absolute Gasteiger partial charge is 0.326 e. The maximum absolute atomic E-state index is 11.2. The van der Waals surface area contributed by atoms with E-state index in [0.29, 0.717) is 0 Å². The number of hydrogen-bond donors (Lipinski definition) is 1. The van der Waals surface area contributed by atoms with Crippen LogP contribution in [0.5, 0.6) is 0 Å². The average Bonchev–Trinajstić information content (AvgIpc) is 2.33. The number of amides is 1. The number of benzene rings is 1. The Bertz CT molecular complexity index is 512. The van der Waals surface area contributed by atoms with Gasteiger partial charge < -0.3 is 5.32 Å². The zero-order valence-corrected chi connectivity index (χ0v) is 12.3. The molecule has 0 spiro atoms. The zero-order chi connectivity index (χ0) is 13.7. The Morgan fingerprint density at radius 3 is 2.11 bits per heavy atom. The lowest BCUT2D eigenvalue weighted by Gasteiger charge is -2.22. The van der Waals surface area contributed by atoms with E-state index in [9.17, 15) is 4.79 Å². The van der Waals surface area contributed by atoms with E-state index in [0.717, 1.165) is 17.7 Å².